The van der Waals surface area contributed by atoms with Gasteiger partial charge in [0.25, 0.3) is 0 Å². The van der Waals surface area contributed by atoms with Crippen LogP contribution in [0.3, 0.4) is 0 Å². The summed E-state index contributed by atoms with van der Waals surface area (Å²) in [5.74, 6) is 2.31. The number of pyridine rings is 2. The minimum absolute atomic E-state index is 0.0323. The number of amides is 1. The number of hydrogen-bond acceptors (Lipinski definition) is 12. The Morgan fingerprint density at radius 2 is 1.30 bits per heavy atom. The molecule has 0 aromatic carbocycles. The molecule has 0 saturated carbocycles. The maximum Gasteiger partial charge on any atom is 0.416 e. The molecule has 3 rings (SSSR count). The summed E-state index contributed by atoms with van der Waals surface area (Å²) in [6.07, 6.45) is -5.41. The SMILES string of the molecule is C[C@H](C(=O)O)N1CCN(Cc2cc(C(=O)O)cc(C#CC(C)(C)NC(=O)OC(C)(C)C)n2)CCN([C@H](C)C(=O)O)CCN(Cc2cc(C(F)(F)F)cc(CN=[N+]=[N-])n2)CC1. The average Bonchev–Trinajstić information content (AvgIpc) is 3.13. The van der Waals surface area contributed by atoms with Crippen molar-refractivity contribution >= 4 is 24.0 Å². The van der Waals surface area contributed by atoms with E-state index in [1.54, 1.807) is 49.3 Å². The quantitative estimate of drug-likeness (QED) is 0.0995. The van der Waals surface area contributed by atoms with Crippen LogP contribution in [-0.2, 0) is 40.1 Å². The minimum Gasteiger partial charge on any atom is -0.480 e. The van der Waals surface area contributed by atoms with Crippen LogP contribution in [0.2, 0.25) is 0 Å². The van der Waals surface area contributed by atoms with Crippen LogP contribution in [0.25, 0.3) is 10.4 Å². The molecule has 0 bridgehead atoms. The lowest BCUT2D eigenvalue weighted by Gasteiger charge is -2.36. The van der Waals surface area contributed by atoms with Crippen LogP contribution < -0.4 is 5.32 Å². The molecule has 1 aliphatic rings. The first-order valence-corrected chi connectivity index (χ1v) is 19.1. The van der Waals surface area contributed by atoms with Crippen LogP contribution in [-0.4, -0.2) is 144 Å². The molecule has 18 nitrogen and oxygen atoms in total. The van der Waals surface area contributed by atoms with E-state index in [0.717, 1.165) is 12.1 Å². The zero-order valence-electron chi connectivity index (χ0n) is 34.8. The third-order valence-electron chi connectivity index (χ3n) is 9.39. The Kier molecular flexibility index (Phi) is 17.2. The summed E-state index contributed by atoms with van der Waals surface area (Å²) < 4.78 is 46.9. The molecule has 1 fully saturated rings. The molecule has 60 heavy (non-hydrogen) atoms. The van der Waals surface area contributed by atoms with Gasteiger partial charge in [-0.15, -0.1) is 0 Å². The number of aromatic carboxylic acids is 1. The van der Waals surface area contributed by atoms with E-state index in [0.29, 0.717) is 5.69 Å². The number of alkyl halides is 3. The van der Waals surface area contributed by atoms with E-state index in [9.17, 15) is 47.7 Å². The number of nitrogens with zero attached hydrogens (tertiary/aromatic N) is 9. The number of carboxylic acid groups (broad SMARTS) is 3. The maximum absolute atomic E-state index is 13.9. The molecule has 2 atom stereocenters. The van der Waals surface area contributed by atoms with E-state index in [1.165, 1.54) is 26.0 Å². The minimum atomic E-state index is -4.71. The number of carboxylic acids is 3. The molecular formula is C39H53F3N10O8. The zero-order valence-corrected chi connectivity index (χ0v) is 34.8. The smallest absolute Gasteiger partial charge is 0.416 e. The predicted molar refractivity (Wildman–Crippen MR) is 212 cm³/mol. The van der Waals surface area contributed by atoms with E-state index in [4.69, 9.17) is 10.3 Å². The van der Waals surface area contributed by atoms with Gasteiger partial charge in [-0.1, -0.05) is 11.0 Å². The van der Waals surface area contributed by atoms with Gasteiger partial charge in [0.05, 0.1) is 34.6 Å². The van der Waals surface area contributed by atoms with Crippen molar-refractivity contribution in [3.63, 3.8) is 0 Å². The number of nitrogens with one attached hydrogen (secondary N) is 1. The highest BCUT2D eigenvalue weighted by molar-refractivity contribution is 5.88. The Bertz CT molecular complexity index is 1940. The number of rotatable bonds is 12. The van der Waals surface area contributed by atoms with E-state index in [-0.39, 0.29) is 88.1 Å². The summed E-state index contributed by atoms with van der Waals surface area (Å²) >= 11 is 0. The Hall–Kier alpha value is -5.52. The molecule has 328 valence electrons. The van der Waals surface area contributed by atoms with Gasteiger partial charge >= 0.3 is 30.2 Å². The highest BCUT2D eigenvalue weighted by Gasteiger charge is 2.32. The molecule has 1 amide bonds. The molecule has 4 N–H and O–H groups in total. The monoisotopic (exact) mass is 846 g/mol. The maximum atomic E-state index is 13.9. The van der Waals surface area contributed by atoms with Crippen molar-refractivity contribution in [2.75, 3.05) is 52.4 Å². The van der Waals surface area contributed by atoms with Crippen molar-refractivity contribution in [2.24, 2.45) is 5.11 Å². The third-order valence-corrected chi connectivity index (χ3v) is 9.39. The van der Waals surface area contributed by atoms with Crippen LogP contribution in [0.4, 0.5) is 18.0 Å². The van der Waals surface area contributed by atoms with Gasteiger partial charge in [0.15, 0.2) is 0 Å². The van der Waals surface area contributed by atoms with Gasteiger partial charge in [-0.05, 0) is 84.2 Å². The van der Waals surface area contributed by atoms with E-state index in [2.05, 4.69) is 37.2 Å². The van der Waals surface area contributed by atoms with Gasteiger partial charge in [0, 0.05) is 76.1 Å². The molecule has 1 aliphatic heterocycles. The second-order valence-electron chi connectivity index (χ2n) is 15.9. The highest BCUT2D eigenvalue weighted by atomic mass is 19.4. The predicted octanol–water partition coefficient (Wildman–Crippen LogP) is 4.53. The van der Waals surface area contributed by atoms with Gasteiger partial charge in [0.2, 0.25) is 0 Å². The molecule has 2 aromatic heterocycles. The Morgan fingerprint density at radius 1 is 0.817 bits per heavy atom. The first-order chi connectivity index (χ1) is 27.9. The van der Waals surface area contributed by atoms with Crippen LogP contribution >= 0.6 is 0 Å². The molecule has 0 aliphatic carbocycles. The van der Waals surface area contributed by atoms with Gasteiger partial charge < -0.3 is 25.4 Å². The standard InChI is InChI=1S/C39H53F3N10O8/c1-25(33(53)54)51-14-10-49(23-31-19-27(35(57)58)18-29(45-31)8-9-38(6,7)47-36(59)60-37(3,4)5)11-15-52(26(2)34(55)56)17-13-50(12-16-51)24-32-21-28(39(40,41)42)20-30(46-32)22-44-48-43/h18-21,25-26H,10-17,22-24H2,1-7H3,(H,47,59)(H,53,54)(H,55,56)(H,57,58)/t25-,26-/m1/s1. The number of carbonyl (C=O) groups is 4. The normalized spacial score (nSPS) is 16.8. The summed E-state index contributed by atoms with van der Waals surface area (Å²) in [7, 11) is 0. The Balaban J connectivity index is 1.97. The number of hydrogen-bond donors (Lipinski definition) is 4. The van der Waals surface area contributed by atoms with Gasteiger partial charge in [-0.25, -0.2) is 14.6 Å². The summed E-state index contributed by atoms with van der Waals surface area (Å²) in [5.41, 5.74) is 6.20. The lowest BCUT2D eigenvalue weighted by atomic mass is 10.1. The van der Waals surface area contributed by atoms with Crippen LogP contribution in [0.15, 0.2) is 29.4 Å². The molecule has 0 radical (unpaired) electrons. The van der Waals surface area contributed by atoms with Crippen molar-refractivity contribution in [2.45, 2.75) is 97.5 Å². The number of halogens is 3. The average molecular weight is 847 g/mol. The van der Waals surface area contributed by atoms with Crippen molar-refractivity contribution in [1.29, 1.82) is 0 Å². The fraction of sp³-hybridized carbons (Fsp3) is 0.590. The summed E-state index contributed by atoms with van der Waals surface area (Å²) in [4.78, 5) is 67.7. The first kappa shape index (κ1) is 48.8. The van der Waals surface area contributed by atoms with Crippen molar-refractivity contribution in [3.8, 4) is 11.8 Å². The largest absolute Gasteiger partial charge is 0.480 e. The number of azide groups is 1. The van der Waals surface area contributed by atoms with Crippen LogP contribution in [0.1, 0.15) is 87.2 Å². The molecule has 21 heteroatoms. The highest BCUT2D eigenvalue weighted by Crippen LogP contribution is 2.30. The topological polar surface area (TPSA) is 238 Å². The number of aliphatic carboxylic acids is 2. The van der Waals surface area contributed by atoms with Crippen molar-refractivity contribution < 1.29 is 52.4 Å². The van der Waals surface area contributed by atoms with E-state index >= 15 is 0 Å². The van der Waals surface area contributed by atoms with Gasteiger partial charge in [-0.2, -0.15) is 13.2 Å². The Morgan fingerprint density at radius 3 is 1.73 bits per heavy atom. The second-order valence-corrected chi connectivity index (χ2v) is 15.9. The lowest BCUT2D eigenvalue weighted by Crippen LogP contribution is -2.51. The summed E-state index contributed by atoms with van der Waals surface area (Å²) in [6.45, 7) is 12.5. The Labute approximate surface area is 346 Å². The van der Waals surface area contributed by atoms with Crippen LogP contribution in [0, 0.1) is 11.8 Å². The number of carbonyl (C=O) groups excluding carboxylic acids is 1. The number of alkyl carbamates (subject to hydrolysis) is 1. The van der Waals surface area contributed by atoms with Crippen molar-refractivity contribution in [1.82, 2.24) is 34.9 Å². The van der Waals surface area contributed by atoms with Crippen molar-refractivity contribution in [3.05, 3.63) is 68.6 Å². The first-order valence-electron chi connectivity index (χ1n) is 19.1. The molecule has 3 heterocycles. The van der Waals surface area contributed by atoms with E-state index in [1.807, 2.05) is 4.90 Å². The zero-order chi connectivity index (χ0) is 45.0. The van der Waals surface area contributed by atoms with Crippen LogP contribution in [0.5, 0.6) is 0 Å². The fourth-order valence-electron chi connectivity index (χ4n) is 6.13. The third kappa shape index (κ3) is 16.3. The molecule has 0 unspecified atom stereocenters. The van der Waals surface area contributed by atoms with Gasteiger partial charge in [0.1, 0.15) is 23.4 Å². The molecular weight excluding hydrogens is 793 g/mol. The molecule has 1 saturated heterocycles. The number of aromatic nitrogens is 2. The van der Waals surface area contributed by atoms with E-state index < -0.39 is 65.5 Å². The molecule has 0 spiro atoms. The summed E-state index contributed by atoms with van der Waals surface area (Å²) in [5, 5.41) is 36.0. The van der Waals surface area contributed by atoms with Gasteiger partial charge in [-0.3, -0.25) is 34.2 Å². The lowest BCUT2D eigenvalue weighted by molar-refractivity contribution is -0.143. The summed E-state index contributed by atoms with van der Waals surface area (Å²) in [6, 6.07) is 2.44. The number of ether oxygens (including phenoxy) is 1. The fourth-order valence-corrected chi connectivity index (χ4v) is 6.13. The molecule has 2 aromatic rings. The second kappa shape index (κ2) is 21.1.